The highest BCUT2D eigenvalue weighted by atomic mass is 35.5. The van der Waals surface area contributed by atoms with Gasteiger partial charge in [0.15, 0.2) is 5.82 Å². The number of halogens is 4. The molecule has 0 saturated heterocycles. The molecule has 0 spiro atoms. The summed E-state index contributed by atoms with van der Waals surface area (Å²) in [6.07, 6.45) is -4.62. The van der Waals surface area contributed by atoms with Gasteiger partial charge in [0.25, 0.3) is 0 Å². The van der Waals surface area contributed by atoms with Gasteiger partial charge < -0.3 is 20.1 Å². The first-order chi connectivity index (χ1) is 12.0. The predicted octanol–water partition coefficient (Wildman–Crippen LogP) is 3.76. The van der Waals surface area contributed by atoms with E-state index >= 15 is 0 Å². The Bertz CT molecular complexity index is 1020. The van der Waals surface area contributed by atoms with Gasteiger partial charge in [0.05, 0.1) is 11.7 Å². The average Bonchev–Trinajstić information content (AvgIpc) is 2.87. The second kappa shape index (κ2) is 6.70. The Kier molecular flexibility index (Phi) is 4.87. The van der Waals surface area contributed by atoms with Gasteiger partial charge in [0.1, 0.15) is 11.0 Å². The lowest BCUT2D eigenvalue weighted by molar-refractivity contribution is -0.137. The van der Waals surface area contributed by atoms with Crippen LogP contribution in [-0.2, 0) is 10.7 Å². The van der Waals surface area contributed by atoms with Crippen LogP contribution in [0, 0.1) is 0 Å². The number of aromatic amines is 1. The summed E-state index contributed by atoms with van der Waals surface area (Å²) in [6.45, 7) is 0.191. The molecule has 0 amide bonds. The summed E-state index contributed by atoms with van der Waals surface area (Å²) in [6, 6.07) is 3.24. The molecule has 0 aliphatic heterocycles. The molecule has 0 aliphatic carbocycles. The van der Waals surface area contributed by atoms with Crippen LogP contribution in [0.15, 0.2) is 18.2 Å². The monoisotopic (exact) mass is 408 g/mol. The van der Waals surface area contributed by atoms with Gasteiger partial charge in [-0.15, -0.1) is 0 Å². The molecule has 0 saturated carbocycles. The number of fused-ring (bicyclic) bond motifs is 3. The number of hydrogen-bond acceptors (Lipinski definition) is 4. The van der Waals surface area contributed by atoms with E-state index in [1.165, 1.54) is 6.07 Å². The highest BCUT2D eigenvalue weighted by Crippen LogP contribution is 2.36. The fraction of sp³-hybridized carbons (Fsp3) is 0.286. The fourth-order valence-electron chi connectivity index (χ4n) is 2.53. The number of hydrogen-bond donors (Lipinski definition) is 4. The fourth-order valence-corrected chi connectivity index (χ4v) is 3.27. The molecule has 2 aromatic heterocycles. The number of alkyl halides is 3. The molecule has 1 aromatic carbocycles. The molecule has 3 aromatic rings. The van der Waals surface area contributed by atoms with Gasteiger partial charge in [0, 0.05) is 17.4 Å². The van der Waals surface area contributed by atoms with Crippen molar-refractivity contribution in [1.29, 1.82) is 0 Å². The molecule has 0 atom stereocenters. The lowest BCUT2D eigenvalue weighted by Gasteiger charge is -2.08. The van der Waals surface area contributed by atoms with Gasteiger partial charge >= 0.3 is 13.8 Å². The molecule has 12 heteroatoms. The summed E-state index contributed by atoms with van der Waals surface area (Å²) in [5, 5.41) is 2.96. The Morgan fingerprint density at radius 1 is 1.27 bits per heavy atom. The lowest BCUT2D eigenvalue weighted by Crippen LogP contribution is -2.06. The van der Waals surface area contributed by atoms with Crippen molar-refractivity contribution in [1.82, 2.24) is 15.0 Å². The maximum atomic E-state index is 12.9. The number of nitrogens with zero attached hydrogens (tertiary/aromatic N) is 2. The van der Waals surface area contributed by atoms with Crippen molar-refractivity contribution in [3.63, 3.8) is 0 Å². The lowest BCUT2D eigenvalue weighted by atomic mass is 10.1. The SMILES string of the molecule is O=P(O)(O)CCCNc1nc(Cl)nc2c1[nH]c1ccc(C(F)(F)F)cc12. The third-order valence-corrected chi connectivity index (χ3v) is 4.73. The van der Waals surface area contributed by atoms with Gasteiger partial charge in [-0.05, 0) is 36.2 Å². The van der Waals surface area contributed by atoms with E-state index in [0.29, 0.717) is 11.0 Å². The third kappa shape index (κ3) is 4.09. The minimum Gasteiger partial charge on any atom is -0.368 e. The molecule has 3 rings (SSSR count). The molecule has 7 nitrogen and oxygen atoms in total. The zero-order chi connectivity index (χ0) is 19.1. The summed E-state index contributed by atoms with van der Waals surface area (Å²) in [5.74, 6) is 0.246. The molecule has 0 aliphatic rings. The zero-order valence-corrected chi connectivity index (χ0v) is 14.7. The first-order valence-corrected chi connectivity index (χ1v) is 9.57. The van der Waals surface area contributed by atoms with E-state index < -0.39 is 19.3 Å². The predicted molar refractivity (Wildman–Crippen MR) is 91.4 cm³/mol. The summed E-state index contributed by atoms with van der Waals surface area (Å²) in [7, 11) is -4.10. The van der Waals surface area contributed by atoms with Crippen molar-refractivity contribution < 1.29 is 27.5 Å². The first kappa shape index (κ1) is 18.9. The maximum Gasteiger partial charge on any atom is 0.416 e. The van der Waals surface area contributed by atoms with Crippen molar-refractivity contribution in [2.24, 2.45) is 0 Å². The molecule has 0 fully saturated rings. The van der Waals surface area contributed by atoms with Gasteiger partial charge in [-0.1, -0.05) is 0 Å². The highest BCUT2D eigenvalue weighted by molar-refractivity contribution is 7.51. The Labute approximate surface area is 149 Å². The third-order valence-electron chi connectivity index (χ3n) is 3.66. The van der Waals surface area contributed by atoms with Crippen LogP contribution in [0.1, 0.15) is 12.0 Å². The number of aromatic nitrogens is 3. The van der Waals surface area contributed by atoms with Crippen LogP contribution in [0.25, 0.3) is 21.9 Å². The van der Waals surface area contributed by atoms with Crippen LogP contribution in [0.2, 0.25) is 5.28 Å². The quantitative estimate of drug-likeness (QED) is 0.290. The van der Waals surface area contributed by atoms with Gasteiger partial charge in [0.2, 0.25) is 5.28 Å². The molecular formula is C14H13ClF3N4O3P. The molecule has 26 heavy (non-hydrogen) atoms. The maximum absolute atomic E-state index is 12.9. The van der Waals surface area contributed by atoms with Crippen LogP contribution < -0.4 is 5.32 Å². The Morgan fingerprint density at radius 3 is 2.65 bits per heavy atom. The van der Waals surface area contributed by atoms with Crippen LogP contribution in [0.3, 0.4) is 0 Å². The van der Waals surface area contributed by atoms with Gasteiger partial charge in [-0.2, -0.15) is 18.2 Å². The molecular weight excluding hydrogens is 396 g/mol. The van der Waals surface area contributed by atoms with Crippen LogP contribution >= 0.6 is 19.2 Å². The summed E-state index contributed by atoms with van der Waals surface area (Å²) in [5.41, 5.74) is 0.211. The number of rotatable bonds is 5. The summed E-state index contributed by atoms with van der Waals surface area (Å²) >= 11 is 5.87. The van der Waals surface area contributed by atoms with E-state index in [2.05, 4.69) is 20.3 Å². The van der Waals surface area contributed by atoms with Crippen LogP contribution in [0.5, 0.6) is 0 Å². The smallest absolute Gasteiger partial charge is 0.368 e. The molecule has 0 unspecified atom stereocenters. The molecule has 2 heterocycles. The molecule has 140 valence electrons. The van der Waals surface area contributed by atoms with Gasteiger partial charge in [-0.3, -0.25) is 4.57 Å². The average molecular weight is 409 g/mol. The van der Waals surface area contributed by atoms with Crippen molar-refractivity contribution in [3.8, 4) is 0 Å². The standard InChI is InChI=1S/C14H13ClF3N4O3P/c15-13-21-10-8-6-7(14(16,17)18)2-3-9(8)20-11(10)12(22-13)19-4-1-5-26(23,24)25/h2-3,6,20H,1,4-5H2,(H,19,21,22)(H2,23,24,25). The van der Waals surface area contributed by atoms with E-state index in [9.17, 15) is 17.7 Å². The van der Waals surface area contributed by atoms with E-state index in [4.69, 9.17) is 21.4 Å². The zero-order valence-electron chi connectivity index (χ0n) is 13.0. The molecule has 0 bridgehead atoms. The van der Waals surface area contributed by atoms with Crippen molar-refractivity contribution in [3.05, 3.63) is 29.0 Å². The molecule has 0 radical (unpaired) electrons. The first-order valence-electron chi connectivity index (χ1n) is 7.39. The second-order valence-corrected chi connectivity index (χ2v) is 7.73. The topological polar surface area (TPSA) is 111 Å². The minimum atomic E-state index is -4.49. The van der Waals surface area contributed by atoms with Crippen molar-refractivity contribution in [2.45, 2.75) is 12.6 Å². The second-order valence-electron chi connectivity index (χ2n) is 5.62. The van der Waals surface area contributed by atoms with Crippen LogP contribution in [0.4, 0.5) is 19.0 Å². The van der Waals surface area contributed by atoms with E-state index in [-0.39, 0.29) is 41.1 Å². The van der Waals surface area contributed by atoms with E-state index in [0.717, 1.165) is 12.1 Å². The largest absolute Gasteiger partial charge is 0.416 e. The number of H-pyrrole nitrogens is 1. The van der Waals surface area contributed by atoms with Crippen LogP contribution in [-0.4, -0.2) is 37.4 Å². The summed E-state index contributed by atoms with van der Waals surface area (Å²) in [4.78, 5) is 28.7. The van der Waals surface area contributed by atoms with Gasteiger partial charge in [-0.25, -0.2) is 4.98 Å². The molecule has 4 N–H and O–H groups in total. The Balaban J connectivity index is 1.98. The minimum absolute atomic E-state index is 0.159. The summed E-state index contributed by atoms with van der Waals surface area (Å²) < 4.78 is 49.7. The van der Waals surface area contributed by atoms with Crippen molar-refractivity contribution >= 4 is 47.0 Å². The number of benzene rings is 1. The normalized spacial score (nSPS) is 12.8. The number of anilines is 1. The van der Waals surface area contributed by atoms with E-state index in [1.54, 1.807) is 0 Å². The number of nitrogens with one attached hydrogen (secondary N) is 2. The van der Waals surface area contributed by atoms with E-state index in [1.807, 2.05) is 0 Å². The highest BCUT2D eigenvalue weighted by Gasteiger charge is 2.31. The Hall–Kier alpha value is -1.87. The van der Waals surface area contributed by atoms with Crippen molar-refractivity contribution in [2.75, 3.05) is 18.0 Å². The Morgan fingerprint density at radius 2 is 2.00 bits per heavy atom.